The van der Waals surface area contributed by atoms with E-state index < -0.39 is 0 Å². The summed E-state index contributed by atoms with van der Waals surface area (Å²) in [5.74, 6) is 2.85. The highest BCUT2D eigenvalue weighted by molar-refractivity contribution is 5.84. The minimum Gasteiger partial charge on any atom is -0.469 e. The third-order valence-corrected chi connectivity index (χ3v) is 10.4. The van der Waals surface area contributed by atoms with Crippen molar-refractivity contribution in [2.45, 2.75) is 98.0 Å². The van der Waals surface area contributed by atoms with Crippen molar-refractivity contribution in [1.82, 2.24) is 0 Å². The van der Waals surface area contributed by atoms with Gasteiger partial charge in [-0.25, -0.2) is 0 Å². The number of methoxy groups -OCH3 is 1. The lowest BCUT2D eigenvalue weighted by Crippen LogP contribution is -2.58. The molecule has 5 heteroatoms. The van der Waals surface area contributed by atoms with Gasteiger partial charge in [-0.05, 0) is 91.8 Å². The van der Waals surface area contributed by atoms with E-state index >= 15 is 0 Å². The summed E-state index contributed by atoms with van der Waals surface area (Å²) in [7, 11) is 1.45. The summed E-state index contributed by atoms with van der Waals surface area (Å²) in [6, 6.07) is 0. The molecule has 0 aromatic carbocycles. The molecule has 0 radical (unpaired) electrons. The molecule has 0 amide bonds. The van der Waals surface area contributed by atoms with Gasteiger partial charge >= 0.3 is 11.9 Å². The van der Waals surface area contributed by atoms with Crippen molar-refractivity contribution in [2.24, 2.45) is 46.3 Å². The molecule has 2 unspecified atom stereocenters. The molecule has 4 saturated carbocycles. The molecule has 32 heavy (non-hydrogen) atoms. The maximum atomic E-state index is 13.8. The summed E-state index contributed by atoms with van der Waals surface area (Å²) in [5.41, 5.74) is 0.110. The van der Waals surface area contributed by atoms with Gasteiger partial charge < -0.3 is 9.47 Å². The van der Waals surface area contributed by atoms with Gasteiger partial charge in [0.15, 0.2) is 0 Å². The molecule has 0 heterocycles. The lowest BCUT2D eigenvalue weighted by Gasteiger charge is -2.60. The number of carbonyl (C=O) groups is 3. The molecule has 4 fully saturated rings. The molecule has 0 spiro atoms. The minimum atomic E-state index is -0.185. The molecule has 5 nitrogen and oxygen atoms in total. The average Bonchev–Trinajstić information content (AvgIpc) is 3.07. The lowest BCUT2D eigenvalue weighted by atomic mass is 9.44. The van der Waals surface area contributed by atoms with Gasteiger partial charge in [-0.15, -0.1) is 0 Å². The van der Waals surface area contributed by atoms with Crippen molar-refractivity contribution in [3.05, 3.63) is 0 Å². The first kappa shape index (κ1) is 23.8. The van der Waals surface area contributed by atoms with Gasteiger partial charge in [0, 0.05) is 25.7 Å². The maximum absolute atomic E-state index is 13.8. The van der Waals surface area contributed by atoms with Crippen molar-refractivity contribution < 1.29 is 23.9 Å². The predicted octanol–water partition coefficient (Wildman–Crippen LogP) is 5.35. The Bertz CT molecular complexity index is 761. The first-order valence-electron chi connectivity index (χ1n) is 12.9. The number of hydrogen-bond donors (Lipinski definition) is 0. The number of esters is 2. The quantitative estimate of drug-likeness (QED) is 0.533. The van der Waals surface area contributed by atoms with Gasteiger partial charge in [0.2, 0.25) is 0 Å². The molecule has 0 saturated heterocycles. The van der Waals surface area contributed by atoms with Crippen LogP contribution in [0.3, 0.4) is 0 Å². The number of ether oxygens (including phenoxy) is 2. The molecule has 180 valence electrons. The Morgan fingerprint density at radius 2 is 1.84 bits per heavy atom. The van der Waals surface area contributed by atoms with E-state index in [1.807, 2.05) is 0 Å². The van der Waals surface area contributed by atoms with E-state index in [0.29, 0.717) is 48.2 Å². The van der Waals surface area contributed by atoms with Crippen molar-refractivity contribution in [1.29, 1.82) is 0 Å². The Labute approximate surface area is 193 Å². The summed E-state index contributed by atoms with van der Waals surface area (Å²) >= 11 is 0. The fourth-order valence-corrected chi connectivity index (χ4v) is 9.00. The molecular weight excluding hydrogens is 404 g/mol. The second-order valence-corrected chi connectivity index (χ2v) is 12.0. The van der Waals surface area contributed by atoms with Gasteiger partial charge in [0.05, 0.1) is 7.11 Å². The van der Waals surface area contributed by atoms with Gasteiger partial charge in [0.1, 0.15) is 11.9 Å². The maximum Gasteiger partial charge on any atom is 0.305 e. The molecule has 0 bridgehead atoms. The third kappa shape index (κ3) is 3.92. The number of hydrogen-bond acceptors (Lipinski definition) is 5. The highest BCUT2D eigenvalue weighted by Crippen LogP contribution is 2.67. The standard InChI is InChI=1S/C27H42O5/c1-16(6-11-24(30)31-5)21-9-10-22-20-8-7-18-14-19(32-17(2)28)12-13-26(18,3)25(20)23(29)15-27(21,22)4/h16,18-22,25H,6-15H2,1-5H3/t16-,18?,19?,20+,21-,22+,25-,26+,27-/m1/s1. The summed E-state index contributed by atoms with van der Waals surface area (Å²) in [6.45, 7) is 8.51. The van der Waals surface area contributed by atoms with Crippen LogP contribution in [0.1, 0.15) is 91.9 Å². The monoisotopic (exact) mass is 446 g/mol. The summed E-state index contributed by atoms with van der Waals surface area (Å²) in [5, 5.41) is 0. The average molecular weight is 447 g/mol. The lowest BCUT2D eigenvalue weighted by molar-refractivity contribution is -0.169. The van der Waals surface area contributed by atoms with E-state index in [9.17, 15) is 14.4 Å². The van der Waals surface area contributed by atoms with Crippen LogP contribution in [0.4, 0.5) is 0 Å². The van der Waals surface area contributed by atoms with Gasteiger partial charge in [0.25, 0.3) is 0 Å². The van der Waals surface area contributed by atoms with Crippen LogP contribution in [0.2, 0.25) is 0 Å². The Kier molecular flexibility index (Phi) is 6.50. The van der Waals surface area contributed by atoms with E-state index in [2.05, 4.69) is 20.8 Å². The smallest absolute Gasteiger partial charge is 0.305 e. The van der Waals surface area contributed by atoms with Crippen LogP contribution in [-0.4, -0.2) is 30.9 Å². The topological polar surface area (TPSA) is 69.7 Å². The highest BCUT2D eigenvalue weighted by Gasteiger charge is 2.63. The molecule has 4 rings (SSSR count). The van der Waals surface area contributed by atoms with Crippen LogP contribution in [0, 0.1) is 46.3 Å². The number of ketones is 1. The SMILES string of the molecule is COC(=O)CC[C@@H](C)[C@H]1CC[C@H]2[C@@H]3CCC4CC(OC(C)=O)CC[C@]4(C)[C@H]3C(=O)C[C@]12C. The van der Waals surface area contributed by atoms with E-state index in [1.54, 1.807) is 0 Å². The third-order valence-electron chi connectivity index (χ3n) is 10.4. The molecule has 0 aliphatic heterocycles. The Morgan fingerprint density at radius 1 is 1.09 bits per heavy atom. The van der Waals surface area contributed by atoms with E-state index in [4.69, 9.17) is 9.47 Å². The summed E-state index contributed by atoms with van der Waals surface area (Å²) < 4.78 is 10.4. The Balaban J connectivity index is 1.50. The van der Waals surface area contributed by atoms with Gasteiger partial charge in [-0.3, -0.25) is 14.4 Å². The molecule has 0 aromatic heterocycles. The normalized spacial score (nSPS) is 44.1. The summed E-state index contributed by atoms with van der Waals surface area (Å²) in [6.07, 6.45) is 9.51. The van der Waals surface area contributed by atoms with E-state index in [-0.39, 0.29) is 34.8 Å². The van der Waals surface area contributed by atoms with Crippen LogP contribution in [-0.2, 0) is 23.9 Å². The Morgan fingerprint density at radius 3 is 2.53 bits per heavy atom. The largest absolute Gasteiger partial charge is 0.469 e. The Hall–Kier alpha value is -1.39. The fourth-order valence-electron chi connectivity index (χ4n) is 9.00. The second-order valence-electron chi connectivity index (χ2n) is 12.0. The van der Waals surface area contributed by atoms with Crippen LogP contribution in [0.5, 0.6) is 0 Å². The highest BCUT2D eigenvalue weighted by atomic mass is 16.5. The van der Waals surface area contributed by atoms with Crippen LogP contribution < -0.4 is 0 Å². The minimum absolute atomic E-state index is 0.0256. The first-order valence-corrected chi connectivity index (χ1v) is 12.9. The van der Waals surface area contributed by atoms with Crippen molar-refractivity contribution >= 4 is 17.7 Å². The van der Waals surface area contributed by atoms with Crippen molar-refractivity contribution in [2.75, 3.05) is 7.11 Å². The molecule has 4 aliphatic rings. The molecule has 0 N–H and O–H groups in total. The van der Waals surface area contributed by atoms with Gasteiger partial charge in [-0.2, -0.15) is 0 Å². The zero-order chi connectivity index (χ0) is 23.3. The summed E-state index contributed by atoms with van der Waals surface area (Å²) in [4.78, 5) is 37.0. The van der Waals surface area contributed by atoms with Crippen LogP contribution in [0.25, 0.3) is 0 Å². The molecule has 4 aliphatic carbocycles. The van der Waals surface area contributed by atoms with E-state index in [1.165, 1.54) is 26.9 Å². The first-order chi connectivity index (χ1) is 15.1. The zero-order valence-corrected chi connectivity index (χ0v) is 20.7. The number of Topliss-reactive ketones (excluding diaryl/α,β-unsaturated/α-hetero) is 1. The second kappa shape index (κ2) is 8.76. The molecular formula is C27H42O5. The van der Waals surface area contributed by atoms with Crippen LogP contribution in [0.15, 0.2) is 0 Å². The van der Waals surface area contributed by atoms with E-state index in [0.717, 1.165) is 38.5 Å². The van der Waals surface area contributed by atoms with Crippen LogP contribution >= 0.6 is 0 Å². The number of carbonyl (C=O) groups excluding carboxylic acids is 3. The van der Waals surface area contributed by atoms with Gasteiger partial charge in [-0.1, -0.05) is 20.8 Å². The van der Waals surface area contributed by atoms with Crippen molar-refractivity contribution in [3.63, 3.8) is 0 Å². The predicted molar refractivity (Wildman–Crippen MR) is 122 cm³/mol. The zero-order valence-electron chi connectivity index (χ0n) is 20.7. The van der Waals surface area contributed by atoms with Crippen molar-refractivity contribution in [3.8, 4) is 0 Å². The molecule has 0 aromatic rings. The molecule has 9 atom stereocenters. The fraction of sp³-hybridized carbons (Fsp3) is 0.889. The number of rotatable bonds is 5. The number of fused-ring (bicyclic) bond motifs is 5.